The summed E-state index contributed by atoms with van der Waals surface area (Å²) in [5, 5.41) is 3.81. The van der Waals surface area contributed by atoms with Crippen LogP contribution in [-0.4, -0.2) is 49.6 Å². The highest BCUT2D eigenvalue weighted by Gasteiger charge is 2.20. The summed E-state index contributed by atoms with van der Waals surface area (Å²) in [6, 6.07) is 8.17. The van der Waals surface area contributed by atoms with Crippen molar-refractivity contribution in [3.8, 4) is 0 Å². The molecule has 5 heteroatoms. The Hall–Kier alpha value is -1.26. The molecule has 116 valence electrons. The molecule has 1 aliphatic heterocycles. The Bertz CT molecular complexity index is 472. The van der Waals surface area contributed by atoms with Crippen LogP contribution < -0.4 is 10.2 Å². The Morgan fingerprint density at radius 1 is 1.29 bits per heavy atom. The summed E-state index contributed by atoms with van der Waals surface area (Å²) in [6.45, 7) is 8.18. The van der Waals surface area contributed by atoms with Crippen molar-refractivity contribution in [2.45, 2.75) is 26.3 Å². The predicted molar refractivity (Wildman–Crippen MR) is 88.0 cm³/mol. The monoisotopic (exact) mass is 309 g/mol. The van der Waals surface area contributed by atoms with Crippen molar-refractivity contribution in [2.75, 3.05) is 37.6 Å². The summed E-state index contributed by atoms with van der Waals surface area (Å²) in [5.41, 5.74) is 1.09. The highest BCUT2D eigenvalue weighted by Crippen LogP contribution is 2.25. The Labute approximate surface area is 132 Å². The second-order valence-electron chi connectivity index (χ2n) is 5.59. The molecule has 1 N–H and O–H groups in total. The van der Waals surface area contributed by atoms with E-state index in [2.05, 4.69) is 22.0 Å². The molecule has 1 atom stereocenters. The maximum atomic E-state index is 11.9. The first-order valence-corrected chi connectivity index (χ1v) is 7.99. The number of piperazine rings is 1. The van der Waals surface area contributed by atoms with Crippen LogP contribution in [0.3, 0.4) is 0 Å². The fourth-order valence-electron chi connectivity index (χ4n) is 2.48. The third-order valence-electron chi connectivity index (χ3n) is 3.95. The fourth-order valence-corrected chi connectivity index (χ4v) is 2.74. The molecule has 1 aromatic rings. The zero-order chi connectivity index (χ0) is 15.2. The smallest absolute Gasteiger partial charge is 0.234 e. The SMILES string of the molecule is CC[C@@H](C)NC(=O)CN1CCN(c2ccccc2Cl)CC1. The average Bonchev–Trinajstić information content (AvgIpc) is 2.48. The number of nitrogens with zero attached hydrogens (tertiary/aromatic N) is 2. The van der Waals surface area contributed by atoms with E-state index in [9.17, 15) is 4.79 Å². The molecule has 1 amide bonds. The molecule has 1 aliphatic rings. The maximum absolute atomic E-state index is 11.9. The molecule has 0 bridgehead atoms. The second-order valence-corrected chi connectivity index (χ2v) is 6.00. The molecule has 0 aromatic heterocycles. The van der Waals surface area contributed by atoms with Crippen LogP contribution in [0.25, 0.3) is 0 Å². The van der Waals surface area contributed by atoms with Gasteiger partial charge in [-0.05, 0) is 25.5 Å². The van der Waals surface area contributed by atoms with Crippen LogP contribution in [0, 0.1) is 0 Å². The van der Waals surface area contributed by atoms with Crippen molar-refractivity contribution in [1.82, 2.24) is 10.2 Å². The van der Waals surface area contributed by atoms with E-state index in [1.54, 1.807) is 0 Å². The minimum Gasteiger partial charge on any atom is -0.368 e. The van der Waals surface area contributed by atoms with Crippen LogP contribution in [0.4, 0.5) is 5.69 Å². The van der Waals surface area contributed by atoms with Gasteiger partial charge in [0.15, 0.2) is 0 Å². The normalized spacial score (nSPS) is 17.6. The van der Waals surface area contributed by atoms with Crippen molar-refractivity contribution in [3.05, 3.63) is 29.3 Å². The van der Waals surface area contributed by atoms with Gasteiger partial charge in [0.1, 0.15) is 0 Å². The van der Waals surface area contributed by atoms with E-state index in [1.807, 2.05) is 31.2 Å². The van der Waals surface area contributed by atoms with Crippen molar-refractivity contribution >= 4 is 23.2 Å². The lowest BCUT2D eigenvalue weighted by atomic mass is 10.2. The molecular formula is C16H24ClN3O. The van der Waals surface area contributed by atoms with Crippen molar-refractivity contribution in [3.63, 3.8) is 0 Å². The third kappa shape index (κ3) is 4.61. The van der Waals surface area contributed by atoms with Crippen molar-refractivity contribution in [1.29, 1.82) is 0 Å². The third-order valence-corrected chi connectivity index (χ3v) is 4.27. The number of benzene rings is 1. The van der Waals surface area contributed by atoms with Gasteiger partial charge < -0.3 is 10.2 Å². The molecule has 0 unspecified atom stereocenters. The Morgan fingerprint density at radius 2 is 1.95 bits per heavy atom. The summed E-state index contributed by atoms with van der Waals surface area (Å²) in [4.78, 5) is 16.4. The minimum atomic E-state index is 0.121. The minimum absolute atomic E-state index is 0.121. The number of rotatable bonds is 5. The maximum Gasteiger partial charge on any atom is 0.234 e. The van der Waals surface area contributed by atoms with E-state index in [4.69, 9.17) is 11.6 Å². The zero-order valence-corrected chi connectivity index (χ0v) is 13.6. The molecule has 1 saturated heterocycles. The van der Waals surface area contributed by atoms with E-state index in [0.29, 0.717) is 6.54 Å². The highest BCUT2D eigenvalue weighted by molar-refractivity contribution is 6.33. The Balaban J connectivity index is 1.81. The molecule has 0 aliphatic carbocycles. The number of nitrogens with one attached hydrogen (secondary N) is 1. The van der Waals surface area contributed by atoms with E-state index < -0.39 is 0 Å². The summed E-state index contributed by atoms with van der Waals surface area (Å²) < 4.78 is 0. The summed E-state index contributed by atoms with van der Waals surface area (Å²) >= 11 is 6.23. The standard InChI is InChI=1S/C16H24ClN3O/c1-3-13(2)18-16(21)12-19-8-10-20(11-9-19)15-7-5-4-6-14(15)17/h4-7,13H,3,8-12H2,1-2H3,(H,18,21)/t13-/m1/s1. The molecule has 1 heterocycles. The van der Waals surface area contributed by atoms with Crippen LogP contribution in [0.5, 0.6) is 0 Å². The number of anilines is 1. The van der Waals surface area contributed by atoms with Gasteiger partial charge >= 0.3 is 0 Å². The molecule has 21 heavy (non-hydrogen) atoms. The van der Waals surface area contributed by atoms with E-state index in [1.165, 1.54) is 0 Å². The fraction of sp³-hybridized carbons (Fsp3) is 0.562. The first-order chi connectivity index (χ1) is 10.1. The van der Waals surface area contributed by atoms with Gasteiger partial charge in [0.25, 0.3) is 0 Å². The van der Waals surface area contributed by atoms with Gasteiger partial charge in [-0.2, -0.15) is 0 Å². The average molecular weight is 310 g/mol. The quantitative estimate of drug-likeness (QED) is 0.907. The summed E-state index contributed by atoms with van der Waals surface area (Å²) in [5.74, 6) is 0.121. The van der Waals surface area contributed by atoms with E-state index >= 15 is 0 Å². The second kappa shape index (κ2) is 7.66. The molecular weight excluding hydrogens is 286 g/mol. The van der Waals surface area contributed by atoms with Crippen LogP contribution in [0.1, 0.15) is 20.3 Å². The van der Waals surface area contributed by atoms with Crippen LogP contribution >= 0.6 is 11.6 Å². The molecule has 1 fully saturated rings. The van der Waals surface area contributed by atoms with Crippen LogP contribution in [-0.2, 0) is 4.79 Å². The Morgan fingerprint density at radius 3 is 2.57 bits per heavy atom. The largest absolute Gasteiger partial charge is 0.368 e. The van der Waals surface area contributed by atoms with Gasteiger partial charge in [-0.3, -0.25) is 9.69 Å². The Kier molecular flexibility index (Phi) is 5.88. The van der Waals surface area contributed by atoms with Gasteiger partial charge in [-0.25, -0.2) is 0 Å². The number of carbonyl (C=O) groups excluding carboxylic acids is 1. The van der Waals surface area contributed by atoms with Crippen LogP contribution in [0.2, 0.25) is 5.02 Å². The topological polar surface area (TPSA) is 35.6 Å². The van der Waals surface area contributed by atoms with E-state index in [0.717, 1.165) is 43.3 Å². The van der Waals surface area contributed by atoms with Crippen molar-refractivity contribution in [2.24, 2.45) is 0 Å². The lowest BCUT2D eigenvalue weighted by Gasteiger charge is -2.36. The molecule has 1 aromatic carbocycles. The number of halogens is 1. The van der Waals surface area contributed by atoms with Gasteiger partial charge in [-0.1, -0.05) is 30.7 Å². The number of hydrogen-bond acceptors (Lipinski definition) is 3. The van der Waals surface area contributed by atoms with Gasteiger partial charge in [0.05, 0.1) is 17.3 Å². The number of carbonyl (C=O) groups is 1. The van der Waals surface area contributed by atoms with Crippen LogP contribution in [0.15, 0.2) is 24.3 Å². The first-order valence-electron chi connectivity index (χ1n) is 7.61. The molecule has 4 nitrogen and oxygen atoms in total. The zero-order valence-electron chi connectivity index (χ0n) is 12.8. The molecule has 0 radical (unpaired) electrons. The van der Waals surface area contributed by atoms with Gasteiger partial charge in [0, 0.05) is 32.2 Å². The summed E-state index contributed by atoms with van der Waals surface area (Å²) in [6.07, 6.45) is 0.964. The molecule has 0 saturated carbocycles. The number of hydrogen-bond donors (Lipinski definition) is 1. The molecule has 0 spiro atoms. The van der Waals surface area contributed by atoms with E-state index in [-0.39, 0.29) is 11.9 Å². The summed E-state index contributed by atoms with van der Waals surface area (Å²) in [7, 11) is 0. The number of para-hydroxylation sites is 1. The van der Waals surface area contributed by atoms with Gasteiger partial charge in [0.2, 0.25) is 5.91 Å². The van der Waals surface area contributed by atoms with Gasteiger partial charge in [-0.15, -0.1) is 0 Å². The lowest BCUT2D eigenvalue weighted by Crippen LogP contribution is -2.50. The highest BCUT2D eigenvalue weighted by atomic mass is 35.5. The van der Waals surface area contributed by atoms with Crippen molar-refractivity contribution < 1.29 is 4.79 Å². The first kappa shape index (κ1) is 16.1. The molecule has 2 rings (SSSR count). The number of amides is 1. The lowest BCUT2D eigenvalue weighted by molar-refractivity contribution is -0.122. The predicted octanol–water partition coefficient (Wildman–Crippen LogP) is 2.38.